The molecule has 1 aromatic heterocycles. The molecule has 0 aliphatic heterocycles. The van der Waals surface area contributed by atoms with E-state index in [4.69, 9.17) is 0 Å². The Morgan fingerprint density at radius 1 is 1.19 bits per heavy atom. The Balaban J connectivity index is 1.76. The van der Waals surface area contributed by atoms with Crippen LogP contribution in [0.2, 0.25) is 0 Å². The number of nitrogens with zero attached hydrogens (tertiary/aromatic N) is 1. The molecule has 0 spiro atoms. The number of carbonyl (C=O) groups is 1. The van der Waals surface area contributed by atoms with Crippen LogP contribution in [0.25, 0.3) is 0 Å². The van der Waals surface area contributed by atoms with Gasteiger partial charge < -0.3 is 5.32 Å². The van der Waals surface area contributed by atoms with Gasteiger partial charge in [0.1, 0.15) is 5.69 Å². The number of benzene rings is 1. The molecule has 0 radical (unpaired) electrons. The number of aromatic nitrogens is 1. The lowest BCUT2D eigenvalue weighted by molar-refractivity contribution is -0.122. The molecular weight excluding hydrogens is 260 g/mol. The van der Waals surface area contributed by atoms with Crippen LogP contribution in [0.1, 0.15) is 30.5 Å². The van der Waals surface area contributed by atoms with Gasteiger partial charge in [-0.2, -0.15) is 0 Å². The van der Waals surface area contributed by atoms with Gasteiger partial charge in [-0.15, -0.1) is 0 Å². The maximum absolute atomic E-state index is 12.0. The zero-order valence-electron chi connectivity index (χ0n) is 12.0. The summed E-state index contributed by atoms with van der Waals surface area (Å²) in [6.07, 6.45) is 2.33. The number of amides is 1. The van der Waals surface area contributed by atoms with Crippen LogP contribution in [0.15, 0.2) is 54.7 Å². The van der Waals surface area contributed by atoms with E-state index >= 15 is 0 Å². The number of hydrogen-bond donors (Lipinski definition) is 1. The van der Waals surface area contributed by atoms with Crippen molar-refractivity contribution in [2.45, 2.75) is 19.3 Å². The SMILES string of the molecule is CC(C(=O)NCCC#Cc1ccccn1)c1ccccc1. The average Bonchev–Trinajstić information content (AvgIpc) is 2.55. The molecule has 3 heteroatoms. The molecule has 0 saturated heterocycles. The largest absolute Gasteiger partial charge is 0.355 e. The minimum atomic E-state index is -0.144. The van der Waals surface area contributed by atoms with Gasteiger partial charge in [0.05, 0.1) is 5.92 Å². The molecule has 21 heavy (non-hydrogen) atoms. The van der Waals surface area contributed by atoms with Crippen molar-refractivity contribution in [3.05, 3.63) is 66.0 Å². The predicted molar refractivity (Wildman–Crippen MR) is 83.6 cm³/mol. The Morgan fingerprint density at radius 2 is 1.95 bits per heavy atom. The molecule has 3 nitrogen and oxygen atoms in total. The van der Waals surface area contributed by atoms with Crippen molar-refractivity contribution >= 4 is 5.91 Å². The molecule has 0 aliphatic rings. The van der Waals surface area contributed by atoms with Crippen molar-refractivity contribution in [2.75, 3.05) is 6.54 Å². The van der Waals surface area contributed by atoms with Crippen LogP contribution < -0.4 is 5.32 Å². The molecular formula is C18H18N2O. The summed E-state index contributed by atoms with van der Waals surface area (Å²) in [5.74, 6) is 5.86. The van der Waals surface area contributed by atoms with E-state index < -0.39 is 0 Å². The number of rotatable bonds is 4. The molecule has 106 valence electrons. The monoisotopic (exact) mass is 278 g/mol. The molecule has 1 unspecified atom stereocenters. The molecule has 0 fully saturated rings. The second kappa shape index (κ2) is 7.86. The summed E-state index contributed by atoms with van der Waals surface area (Å²) < 4.78 is 0. The highest BCUT2D eigenvalue weighted by molar-refractivity contribution is 5.83. The highest BCUT2D eigenvalue weighted by atomic mass is 16.1. The topological polar surface area (TPSA) is 42.0 Å². The smallest absolute Gasteiger partial charge is 0.227 e. The Labute approximate surface area is 125 Å². The Kier molecular flexibility index (Phi) is 5.54. The molecule has 0 saturated carbocycles. The van der Waals surface area contributed by atoms with Crippen LogP contribution in [-0.4, -0.2) is 17.4 Å². The first-order chi connectivity index (χ1) is 10.3. The van der Waals surface area contributed by atoms with Crippen molar-refractivity contribution in [3.8, 4) is 11.8 Å². The maximum atomic E-state index is 12.0. The van der Waals surface area contributed by atoms with Crippen LogP contribution in [-0.2, 0) is 4.79 Å². The first-order valence-electron chi connectivity index (χ1n) is 7.00. The zero-order chi connectivity index (χ0) is 14.9. The molecule has 1 atom stereocenters. The Bertz CT molecular complexity index is 627. The number of nitrogens with one attached hydrogen (secondary N) is 1. The van der Waals surface area contributed by atoms with Crippen LogP contribution in [0.4, 0.5) is 0 Å². The quantitative estimate of drug-likeness (QED) is 0.690. The second-order valence-electron chi connectivity index (χ2n) is 4.69. The summed E-state index contributed by atoms with van der Waals surface area (Å²) in [4.78, 5) is 16.1. The standard InChI is InChI=1S/C18H18N2O/c1-15(16-9-3-2-4-10-16)18(21)20-14-8-6-12-17-11-5-7-13-19-17/h2-5,7,9-11,13,15H,8,14H2,1H3,(H,20,21). The van der Waals surface area contributed by atoms with Crippen LogP contribution >= 0.6 is 0 Å². The minimum absolute atomic E-state index is 0.0286. The third-order valence-corrected chi connectivity index (χ3v) is 3.12. The molecule has 2 aromatic rings. The molecule has 0 aliphatic carbocycles. The van der Waals surface area contributed by atoms with E-state index in [9.17, 15) is 4.79 Å². The first kappa shape index (κ1) is 14.8. The van der Waals surface area contributed by atoms with E-state index in [1.165, 1.54) is 0 Å². The fourth-order valence-electron chi connectivity index (χ4n) is 1.88. The molecule has 1 amide bonds. The van der Waals surface area contributed by atoms with Crippen molar-refractivity contribution < 1.29 is 4.79 Å². The lowest BCUT2D eigenvalue weighted by Crippen LogP contribution is -2.28. The average molecular weight is 278 g/mol. The van der Waals surface area contributed by atoms with Gasteiger partial charge in [0.2, 0.25) is 5.91 Å². The third-order valence-electron chi connectivity index (χ3n) is 3.12. The van der Waals surface area contributed by atoms with Gasteiger partial charge in [-0.05, 0) is 30.5 Å². The van der Waals surface area contributed by atoms with Crippen molar-refractivity contribution in [3.63, 3.8) is 0 Å². The summed E-state index contributed by atoms with van der Waals surface area (Å²) in [6.45, 7) is 2.46. The van der Waals surface area contributed by atoms with E-state index in [0.29, 0.717) is 13.0 Å². The lowest BCUT2D eigenvalue weighted by Gasteiger charge is -2.11. The number of pyridine rings is 1. The van der Waals surface area contributed by atoms with Gasteiger partial charge in [-0.3, -0.25) is 4.79 Å². The van der Waals surface area contributed by atoms with Gasteiger partial charge in [-0.1, -0.05) is 42.3 Å². The Hall–Kier alpha value is -2.60. The zero-order valence-corrected chi connectivity index (χ0v) is 12.0. The number of hydrogen-bond acceptors (Lipinski definition) is 2. The van der Waals surface area contributed by atoms with Crippen LogP contribution in [0.3, 0.4) is 0 Å². The van der Waals surface area contributed by atoms with Gasteiger partial charge in [-0.25, -0.2) is 4.98 Å². The second-order valence-corrected chi connectivity index (χ2v) is 4.69. The fourth-order valence-corrected chi connectivity index (χ4v) is 1.88. The lowest BCUT2D eigenvalue weighted by atomic mass is 10.0. The van der Waals surface area contributed by atoms with E-state index in [-0.39, 0.29) is 11.8 Å². The van der Waals surface area contributed by atoms with Crippen LogP contribution in [0, 0.1) is 11.8 Å². The maximum Gasteiger partial charge on any atom is 0.227 e. The van der Waals surface area contributed by atoms with Gasteiger partial charge >= 0.3 is 0 Å². The highest BCUT2D eigenvalue weighted by Crippen LogP contribution is 2.14. The van der Waals surface area contributed by atoms with Gasteiger partial charge in [0.25, 0.3) is 0 Å². The minimum Gasteiger partial charge on any atom is -0.355 e. The van der Waals surface area contributed by atoms with Crippen molar-refractivity contribution in [2.24, 2.45) is 0 Å². The summed E-state index contributed by atoms with van der Waals surface area (Å²) in [7, 11) is 0. The number of carbonyl (C=O) groups excluding carboxylic acids is 1. The summed E-state index contributed by atoms with van der Waals surface area (Å²) in [5, 5.41) is 2.91. The highest BCUT2D eigenvalue weighted by Gasteiger charge is 2.13. The first-order valence-corrected chi connectivity index (χ1v) is 7.00. The van der Waals surface area contributed by atoms with Crippen LogP contribution in [0.5, 0.6) is 0 Å². The molecule has 0 bridgehead atoms. The summed E-state index contributed by atoms with van der Waals surface area (Å²) in [6, 6.07) is 15.4. The predicted octanol–water partition coefficient (Wildman–Crippen LogP) is 2.74. The van der Waals surface area contributed by atoms with E-state index in [1.807, 2.05) is 55.5 Å². The van der Waals surface area contributed by atoms with Crippen molar-refractivity contribution in [1.29, 1.82) is 0 Å². The van der Waals surface area contributed by atoms with Crippen molar-refractivity contribution in [1.82, 2.24) is 10.3 Å². The summed E-state index contributed by atoms with van der Waals surface area (Å²) in [5.41, 5.74) is 1.77. The molecule has 1 N–H and O–H groups in total. The van der Waals surface area contributed by atoms with Gasteiger partial charge in [0.15, 0.2) is 0 Å². The normalized spacial score (nSPS) is 11.1. The molecule has 1 heterocycles. The molecule has 2 rings (SSSR count). The third kappa shape index (κ3) is 4.77. The fraction of sp³-hybridized carbons (Fsp3) is 0.222. The van der Waals surface area contributed by atoms with Gasteiger partial charge in [0, 0.05) is 19.2 Å². The van der Waals surface area contributed by atoms with E-state index in [2.05, 4.69) is 22.1 Å². The molecule has 1 aromatic carbocycles. The van der Waals surface area contributed by atoms with E-state index in [0.717, 1.165) is 11.3 Å². The van der Waals surface area contributed by atoms with E-state index in [1.54, 1.807) is 6.20 Å². The Morgan fingerprint density at radius 3 is 2.67 bits per heavy atom. The summed E-state index contributed by atoms with van der Waals surface area (Å²) >= 11 is 0.